The number of hydrogen-bond acceptors (Lipinski definition) is 9. The lowest BCUT2D eigenvalue weighted by atomic mass is 9.95. The molecule has 176 valence electrons. The van der Waals surface area contributed by atoms with E-state index in [0.29, 0.717) is 5.56 Å². The summed E-state index contributed by atoms with van der Waals surface area (Å²) in [5, 5.41) is 15.2. The number of methoxy groups -OCH3 is 2. The van der Waals surface area contributed by atoms with E-state index in [1.54, 1.807) is 6.07 Å². The molecule has 2 unspecified atom stereocenters. The predicted molar refractivity (Wildman–Crippen MR) is 112 cm³/mol. The van der Waals surface area contributed by atoms with Gasteiger partial charge in [0.05, 0.1) is 26.3 Å². The summed E-state index contributed by atoms with van der Waals surface area (Å²) in [7, 11) is 2.52. The summed E-state index contributed by atoms with van der Waals surface area (Å²) in [4.78, 5) is 43.4. The molecule has 2 amide bonds. The minimum absolute atomic E-state index is 0.0346. The number of amides is 2. The average molecular weight is 470 g/mol. The monoisotopic (exact) mass is 470 g/mol. The Hall–Kier alpha value is -4.03. The zero-order valence-electron chi connectivity index (χ0n) is 18.0. The second-order valence-corrected chi connectivity index (χ2v) is 7.88. The van der Waals surface area contributed by atoms with Gasteiger partial charge in [-0.25, -0.2) is 14.2 Å². The highest BCUT2D eigenvalue weighted by Gasteiger charge is 2.53. The van der Waals surface area contributed by atoms with E-state index in [1.165, 1.54) is 43.4 Å². The van der Waals surface area contributed by atoms with Crippen LogP contribution in [-0.2, 0) is 21.6 Å². The molecule has 0 radical (unpaired) electrons. The first-order valence-electron chi connectivity index (χ1n) is 10.2. The Kier molecular flexibility index (Phi) is 4.99. The number of ether oxygens (including phenoxy) is 2. The molecule has 1 aromatic carbocycles. The van der Waals surface area contributed by atoms with Crippen molar-refractivity contribution >= 4 is 28.9 Å². The van der Waals surface area contributed by atoms with Crippen LogP contribution in [0.2, 0.25) is 0 Å². The van der Waals surface area contributed by atoms with Crippen molar-refractivity contribution in [3.8, 4) is 5.75 Å². The average Bonchev–Trinajstić information content (AvgIpc) is 3.47. The fourth-order valence-corrected chi connectivity index (χ4v) is 4.28. The Morgan fingerprint density at radius 3 is 2.79 bits per heavy atom. The molecule has 2 aliphatic heterocycles. The van der Waals surface area contributed by atoms with Gasteiger partial charge in [0, 0.05) is 12.6 Å². The second kappa shape index (κ2) is 7.78. The summed E-state index contributed by atoms with van der Waals surface area (Å²) in [6.45, 7) is -0.248. The lowest BCUT2D eigenvalue weighted by Gasteiger charge is -2.29. The van der Waals surface area contributed by atoms with Crippen molar-refractivity contribution in [1.82, 2.24) is 20.5 Å². The molecule has 0 aliphatic carbocycles. The van der Waals surface area contributed by atoms with E-state index in [1.807, 2.05) is 0 Å². The van der Waals surface area contributed by atoms with E-state index in [9.17, 15) is 23.9 Å². The van der Waals surface area contributed by atoms with Gasteiger partial charge in [0.15, 0.2) is 29.0 Å². The molecule has 3 aromatic rings. The molecule has 2 aromatic heterocycles. The summed E-state index contributed by atoms with van der Waals surface area (Å²) < 4.78 is 30.3. The van der Waals surface area contributed by atoms with E-state index >= 15 is 0 Å². The van der Waals surface area contributed by atoms with Gasteiger partial charge in [-0.15, -0.1) is 0 Å². The predicted octanol–water partition coefficient (Wildman–Crippen LogP) is 0.609. The van der Waals surface area contributed by atoms with Gasteiger partial charge >= 0.3 is 5.97 Å². The first-order chi connectivity index (χ1) is 16.3. The maximum absolute atomic E-state index is 14.8. The van der Waals surface area contributed by atoms with Gasteiger partial charge in [0.25, 0.3) is 11.8 Å². The molecule has 34 heavy (non-hydrogen) atoms. The number of nitrogens with one attached hydrogen (secondary N) is 2. The highest BCUT2D eigenvalue weighted by atomic mass is 19.1. The minimum Gasteiger partial charge on any atom is -0.494 e. The third-order valence-electron chi connectivity index (χ3n) is 5.93. The zero-order chi connectivity index (χ0) is 24.2. The number of halogens is 1. The van der Waals surface area contributed by atoms with Gasteiger partial charge in [0.1, 0.15) is 17.0 Å². The molecule has 5 rings (SSSR count). The maximum Gasteiger partial charge on any atom is 0.356 e. The SMILES string of the molecule is COC(=O)c1ccc2oc(C3(CN4Cc5ccc(OC)c(F)c5C4=O)NC(O)NC3=O)cc2n1. The molecule has 0 saturated carbocycles. The molecule has 11 nitrogen and oxygen atoms in total. The van der Waals surface area contributed by atoms with Crippen molar-refractivity contribution in [3.63, 3.8) is 0 Å². The number of esters is 1. The fourth-order valence-electron chi connectivity index (χ4n) is 4.28. The van der Waals surface area contributed by atoms with E-state index in [-0.39, 0.29) is 47.0 Å². The first-order valence-corrected chi connectivity index (χ1v) is 10.2. The second-order valence-electron chi connectivity index (χ2n) is 7.88. The van der Waals surface area contributed by atoms with Crippen LogP contribution in [0.5, 0.6) is 5.75 Å². The van der Waals surface area contributed by atoms with Crippen LogP contribution in [0.15, 0.2) is 34.7 Å². The number of fused-ring (bicyclic) bond motifs is 2. The van der Waals surface area contributed by atoms with Gasteiger partial charge in [0.2, 0.25) is 0 Å². The van der Waals surface area contributed by atoms with Gasteiger partial charge in [-0.3, -0.25) is 14.9 Å². The van der Waals surface area contributed by atoms with Crippen LogP contribution in [0.1, 0.15) is 32.2 Å². The molecule has 12 heteroatoms. The number of furan rings is 1. The Morgan fingerprint density at radius 2 is 2.12 bits per heavy atom. The number of aliphatic hydroxyl groups excluding tert-OH is 1. The number of aliphatic hydroxyl groups is 1. The van der Waals surface area contributed by atoms with Crippen LogP contribution in [0, 0.1) is 5.82 Å². The minimum atomic E-state index is -1.70. The molecule has 1 saturated heterocycles. The quantitative estimate of drug-likeness (QED) is 0.457. The molecule has 1 fully saturated rings. The molecular weight excluding hydrogens is 451 g/mol. The number of carbonyl (C=O) groups excluding carboxylic acids is 3. The van der Waals surface area contributed by atoms with Crippen LogP contribution < -0.4 is 15.4 Å². The van der Waals surface area contributed by atoms with Crippen LogP contribution in [0.4, 0.5) is 4.39 Å². The van der Waals surface area contributed by atoms with E-state index < -0.39 is 35.5 Å². The topological polar surface area (TPSA) is 143 Å². The van der Waals surface area contributed by atoms with Gasteiger partial charge < -0.3 is 29.2 Å². The highest BCUT2D eigenvalue weighted by Crippen LogP contribution is 2.36. The van der Waals surface area contributed by atoms with E-state index in [2.05, 4.69) is 20.4 Å². The number of carbonyl (C=O) groups is 3. The number of hydrogen-bond donors (Lipinski definition) is 3. The van der Waals surface area contributed by atoms with Gasteiger partial charge in [-0.05, 0) is 23.8 Å². The summed E-state index contributed by atoms with van der Waals surface area (Å²) in [6.07, 6.45) is -1.42. The van der Waals surface area contributed by atoms with Crippen molar-refractivity contribution in [3.05, 3.63) is 58.7 Å². The molecular formula is C22H19FN4O7. The third kappa shape index (κ3) is 3.18. The molecule has 2 atom stereocenters. The molecule has 0 spiro atoms. The number of benzene rings is 1. The smallest absolute Gasteiger partial charge is 0.356 e. The van der Waals surface area contributed by atoms with Crippen LogP contribution in [0.3, 0.4) is 0 Å². The zero-order valence-corrected chi connectivity index (χ0v) is 18.0. The highest BCUT2D eigenvalue weighted by molar-refractivity contribution is 6.00. The van der Waals surface area contributed by atoms with Crippen molar-refractivity contribution in [2.45, 2.75) is 18.4 Å². The van der Waals surface area contributed by atoms with Crippen LogP contribution >= 0.6 is 0 Å². The molecule has 2 aliphatic rings. The Labute approximate surface area is 191 Å². The summed E-state index contributed by atoms with van der Waals surface area (Å²) in [5.41, 5.74) is -0.835. The Morgan fingerprint density at radius 1 is 1.32 bits per heavy atom. The lowest BCUT2D eigenvalue weighted by molar-refractivity contribution is -0.125. The first kappa shape index (κ1) is 21.8. The lowest BCUT2D eigenvalue weighted by Crippen LogP contribution is -2.53. The summed E-state index contributed by atoms with van der Waals surface area (Å²) >= 11 is 0. The summed E-state index contributed by atoms with van der Waals surface area (Å²) in [5.74, 6) is -2.75. The van der Waals surface area contributed by atoms with E-state index in [0.717, 1.165) is 0 Å². The van der Waals surface area contributed by atoms with Crippen LogP contribution in [-0.4, -0.2) is 59.9 Å². The molecule has 4 heterocycles. The number of nitrogens with zero attached hydrogens (tertiary/aromatic N) is 2. The third-order valence-corrected chi connectivity index (χ3v) is 5.93. The standard InChI is InChI=1S/C22H19FN4O7/c1-32-14-5-3-10-8-27(18(28)16(10)17(14)23)9-22(20(30)25-21(31)26-22)15-7-12-13(34-15)6-4-11(24-12)19(29)33-2/h3-7,21,26,31H,8-9H2,1-2H3,(H,25,30). The molecule has 0 bridgehead atoms. The largest absolute Gasteiger partial charge is 0.494 e. The van der Waals surface area contributed by atoms with E-state index in [4.69, 9.17) is 9.15 Å². The molecule has 3 N–H and O–H groups in total. The number of aromatic nitrogens is 1. The number of pyridine rings is 1. The van der Waals surface area contributed by atoms with Gasteiger partial charge in [-0.2, -0.15) is 0 Å². The Balaban J connectivity index is 1.54. The fraction of sp³-hybridized carbons (Fsp3) is 0.273. The Bertz CT molecular complexity index is 1360. The normalized spacial score (nSPS) is 21.6. The summed E-state index contributed by atoms with van der Waals surface area (Å²) in [6, 6.07) is 7.34. The number of rotatable bonds is 5. The van der Waals surface area contributed by atoms with Crippen molar-refractivity contribution in [1.29, 1.82) is 0 Å². The van der Waals surface area contributed by atoms with Crippen LogP contribution in [0.25, 0.3) is 11.1 Å². The van der Waals surface area contributed by atoms with Gasteiger partial charge in [-0.1, -0.05) is 6.07 Å². The van der Waals surface area contributed by atoms with Crippen molar-refractivity contribution < 1.29 is 37.8 Å². The maximum atomic E-state index is 14.8. The van der Waals surface area contributed by atoms with Crippen molar-refractivity contribution in [2.75, 3.05) is 20.8 Å². The van der Waals surface area contributed by atoms with Crippen molar-refractivity contribution in [2.24, 2.45) is 0 Å².